The summed E-state index contributed by atoms with van der Waals surface area (Å²) in [6.07, 6.45) is 0.848. The molecule has 0 aliphatic carbocycles. The zero-order valence-corrected chi connectivity index (χ0v) is 14.7. The maximum absolute atomic E-state index is 13.2. The number of amides is 1. The molecule has 1 aromatic heterocycles. The number of nitrogens with one attached hydrogen (secondary N) is 1. The van der Waals surface area contributed by atoms with Crippen LogP contribution in [0.5, 0.6) is 5.75 Å². The molecule has 2 aromatic carbocycles. The molecule has 0 radical (unpaired) electrons. The summed E-state index contributed by atoms with van der Waals surface area (Å²) in [5.41, 5.74) is 4.13. The number of anilines is 1. The van der Waals surface area contributed by atoms with E-state index in [1.54, 1.807) is 24.3 Å². The second-order valence-corrected chi connectivity index (χ2v) is 6.55. The maximum atomic E-state index is 13.2. The molecule has 2 heterocycles. The molecular weight excluding hydrogens is 326 g/mol. The van der Waals surface area contributed by atoms with Crippen LogP contribution >= 0.6 is 0 Å². The molecule has 5 nitrogen and oxygen atoms in total. The monoisotopic (exact) mass is 347 g/mol. The predicted octanol–water partition coefficient (Wildman–Crippen LogP) is 3.57. The lowest BCUT2D eigenvalue weighted by Crippen LogP contribution is -2.33. The summed E-state index contributed by atoms with van der Waals surface area (Å²) in [5, 5.41) is 13.5. The van der Waals surface area contributed by atoms with Crippen LogP contribution in [-0.2, 0) is 13.0 Å². The molecule has 0 fully saturated rings. The summed E-state index contributed by atoms with van der Waals surface area (Å²) >= 11 is 0. The van der Waals surface area contributed by atoms with Crippen LogP contribution in [-0.4, -0.2) is 34.0 Å². The van der Waals surface area contributed by atoms with Crippen molar-refractivity contribution in [3.63, 3.8) is 0 Å². The van der Waals surface area contributed by atoms with E-state index in [9.17, 15) is 9.90 Å². The van der Waals surface area contributed by atoms with Gasteiger partial charge in [-0.2, -0.15) is 0 Å². The fraction of sp³-hybridized carbons (Fsp3) is 0.238. The number of fused-ring (bicyclic) bond motifs is 2. The molecule has 132 valence electrons. The van der Waals surface area contributed by atoms with Crippen LogP contribution < -0.4 is 5.32 Å². The largest absolute Gasteiger partial charge is 0.508 e. The van der Waals surface area contributed by atoms with E-state index in [-0.39, 0.29) is 11.7 Å². The van der Waals surface area contributed by atoms with Gasteiger partial charge in [0.2, 0.25) is 0 Å². The first kappa shape index (κ1) is 16.5. The van der Waals surface area contributed by atoms with E-state index in [2.05, 4.69) is 17.1 Å². The number of phenolic OH excluding ortho intramolecular Hbond substituents is 1. The van der Waals surface area contributed by atoms with Gasteiger partial charge >= 0.3 is 0 Å². The average Bonchev–Trinajstić information content (AvgIpc) is 2.65. The number of rotatable bonds is 3. The molecule has 4 rings (SSSR count). The number of aromatic hydroxyl groups is 1. The Kier molecular flexibility index (Phi) is 4.31. The fourth-order valence-electron chi connectivity index (χ4n) is 3.55. The maximum Gasteiger partial charge on any atom is 0.256 e. The minimum absolute atomic E-state index is 0.126. The highest BCUT2D eigenvalue weighted by molar-refractivity contribution is 6.13. The van der Waals surface area contributed by atoms with Crippen LogP contribution in [0, 0.1) is 0 Å². The van der Waals surface area contributed by atoms with Crippen molar-refractivity contribution >= 4 is 22.5 Å². The number of phenols is 1. The first-order valence-electron chi connectivity index (χ1n) is 8.89. The van der Waals surface area contributed by atoms with E-state index < -0.39 is 0 Å². The Hall–Kier alpha value is -2.92. The molecule has 5 heteroatoms. The van der Waals surface area contributed by atoms with Gasteiger partial charge in [0.1, 0.15) is 5.75 Å². The van der Waals surface area contributed by atoms with Crippen LogP contribution in [0.25, 0.3) is 10.9 Å². The lowest BCUT2D eigenvalue weighted by Gasteiger charge is -2.29. The molecule has 0 saturated heterocycles. The number of likely N-dealkylation sites (N-methyl/N-ethyl adjacent to an activating group) is 1. The molecule has 0 atom stereocenters. The summed E-state index contributed by atoms with van der Waals surface area (Å²) in [7, 11) is 0. The molecule has 2 N–H and O–H groups in total. The first-order valence-corrected chi connectivity index (χ1v) is 8.89. The van der Waals surface area contributed by atoms with Crippen LogP contribution in [0.1, 0.15) is 28.5 Å². The Balaban J connectivity index is 1.83. The zero-order chi connectivity index (χ0) is 18.1. The number of carbonyl (C=O) groups is 1. The highest BCUT2D eigenvalue weighted by Crippen LogP contribution is 2.29. The van der Waals surface area contributed by atoms with Crippen LogP contribution in [0.4, 0.5) is 5.69 Å². The second kappa shape index (κ2) is 6.77. The third-order valence-corrected chi connectivity index (χ3v) is 4.90. The Bertz CT molecular complexity index is 984. The van der Waals surface area contributed by atoms with Crippen LogP contribution in [0.3, 0.4) is 0 Å². The number of carbonyl (C=O) groups excluding carboxylic acids is 1. The molecular formula is C21H21N3O2. The van der Waals surface area contributed by atoms with Crippen molar-refractivity contribution in [3.8, 4) is 5.75 Å². The van der Waals surface area contributed by atoms with Crippen molar-refractivity contribution in [2.75, 3.05) is 18.4 Å². The molecule has 26 heavy (non-hydrogen) atoms. The van der Waals surface area contributed by atoms with Crippen molar-refractivity contribution in [1.82, 2.24) is 9.88 Å². The lowest BCUT2D eigenvalue weighted by molar-refractivity contribution is 0.102. The Morgan fingerprint density at radius 2 is 2.08 bits per heavy atom. The van der Waals surface area contributed by atoms with Gasteiger partial charge in [0.15, 0.2) is 0 Å². The van der Waals surface area contributed by atoms with E-state index in [1.807, 2.05) is 24.3 Å². The standard InChI is InChI=1S/C21H21N3O2/c1-2-24-11-10-19-17(13-24)20(16-8-3-4-9-18(16)23-19)21(26)22-14-6-5-7-15(25)12-14/h3-9,12,25H,2,10-11,13H2,1H3,(H,22,26). The van der Waals surface area contributed by atoms with E-state index in [0.29, 0.717) is 11.3 Å². The molecule has 0 spiro atoms. The highest BCUT2D eigenvalue weighted by Gasteiger charge is 2.25. The quantitative estimate of drug-likeness (QED) is 0.760. The summed E-state index contributed by atoms with van der Waals surface area (Å²) in [6, 6.07) is 14.4. The molecule has 1 aliphatic heterocycles. The topological polar surface area (TPSA) is 65.5 Å². The van der Waals surface area contributed by atoms with Crippen molar-refractivity contribution in [2.45, 2.75) is 19.9 Å². The minimum Gasteiger partial charge on any atom is -0.508 e. The van der Waals surface area contributed by atoms with Gasteiger partial charge in [-0.3, -0.25) is 14.7 Å². The number of pyridine rings is 1. The predicted molar refractivity (Wildman–Crippen MR) is 102 cm³/mol. The Morgan fingerprint density at radius 3 is 2.88 bits per heavy atom. The van der Waals surface area contributed by atoms with E-state index in [1.165, 1.54) is 0 Å². The number of benzene rings is 2. The molecule has 0 bridgehead atoms. The van der Waals surface area contributed by atoms with Gasteiger partial charge in [-0.1, -0.05) is 31.2 Å². The van der Waals surface area contributed by atoms with Gasteiger partial charge in [0, 0.05) is 47.9 Å². The summed E-state index contributed by atoms with van der Waals surface area (Å²) in [5.74, 6) is -0.0371. The van der Waals surface area contributed by atoms with Gasteiger partial charge < -0.3 is 10.4 Å². The fourth-order valence-corrected chi connectivity index (χ4v) is 3.55. The van der Waals surface area contributed by atoms with Crippen LogP contribution in [0.15, 0.2) is 48.5 Å². The number of para-hydroxylation sites is 1. The van der Waals surface area contributed by atoms with Crippen molar-refractivity contribution in [1.29, 1.82) is 0 Å². The van der Waals surface area contributed by atoms with Gasteiger partial charge in [-0.05, 0) is 24.7 Å². The van der Waals surface area contributed by atoms with E-state index >= 15 is 0 Å². The molecule has 1 aliphatic rings. The van der Waals surface area contributed by atoms with Crippen molar-refractivity contribution in [3.05, 3.63) is 65.4 Å². The Morgan fingerprint density at radius 1 is 1.23 bits per heavy atom. The highest BCUT2D eigenvalue weighted by atomic mass is 16.3. The van der Waals surface area contributed by atoms with Gasteiger partial charge in [-0.15, -0.1) is 0 Å². The SMILES string of the molecule is CCN1CCc2nc3ccccc3c(C(=O)Nc3cccc(O)c3)c2C1. The zero-order valence-electron chi connectivity index (χ0n) is 14.7. The average molecular weight is 347 g/mol. The second-order valence-electron chi connectivity index (χ2n) is 6.55. The molecule has 0 unspecified atom stereocenters. The van der Waals surface area contributed by atoms with Gasteiger partial charge in [0.05, 0.1) is 11.1 Å². The third-order valence-electron chi connectivity index (χ3n) is 4.90. The third kappa shape index (κ3) is 3.02. The molecule has 3 aromatic rings. The minimum atomic E-state index is -0.164. The summed E-state index contributed by atoms with van der Waals surface area (Å²) < 4.78 is 0. The van der Waals surface area contributed by atoms with Crippen molar-refractivity contribution < 1.29 is 9.90 Å². The first-order chi connectivity index (χ1) is 12.7. The smallest absolute Gasteiger partial charge is 0.256 e. The molecule has 1 amide bonds. The van der Waals surface area contributed by atoms with E-state index in [4.69, 9.17) is 4.98 Å². The number of aromatic nitrogens is 1. The van der Waals surface area contributed by atoms with Gasteiger partial charge in [0.25, 0.3) is 5.91 Å². The van der Waals surface area contributed by atoms with Crippen LogP contribution in [0.2, 0.25) is 0 Å². The number of hydrogen-bond donors (Lipinski definition) is 2. The number of nitrogens with zero attached hydrogens (tertiary/aromatic N) is 2. The van der Waals surface area contributed by atoms with Gasteiger partial charge in [-0.25, -0.2) is 0 Å². The Labute approximate surface area is 152 Å². The molecule has 0 saturated carbocycles. The van der Waals surface area contributed by atoms with Crippen molar-refractivity contribution in [2.24, 2.45) is 0 Å². The lowest BCUT2D eigenvalue weighted by atomic mass is 9.95. The number of hydrogen-bond acceptors (Lipinski definition) is 4. The summed E-state index contributed by atoms with van der Waals surface area (Å²) in [6.45, 7) is 4.76. The van der Waals surface area contributed by atoms with E-state index in [0.717, 1.165) is 48.2 Å². The normalized spacial score (nSPS) is 14.2. The summed E-state index contributed by atoms with van der Waals surface area (Å²) in [4.78, 5) is 20.3.